The molecule has 0 saturated carbocycles. The summed E-state index contributed by atoms with van der Waals surface area (Å²) in [5.74, 6) is -1.09. The van der Waals surface area contributed by atoms with E-state index >= 15 is 0 Å². The van der Waals surface area contributed by atoms with Crippen molar-refractivity contribution in [3.63, 3.8) is 0 Å². The van der Waals surface area contributed by atoms with Gasteiger partial charge in [0.2, 0.25) is 0 Å². The zero-order valence-corrected chi connectivity index (χ0v) is 11.8. The molecule has 0 amide bonds. The highest BCUT2D eigenvalue weighted by molar-refractivity contribution is 7.50. The van der Waals surface area contributed by atoms with Crippen molar-refractivity contribution in [1.82, 2.24) is 9.97 Å². The van der Waals surface area contributed by atoms with E-state index in [1.165, 1.54) is 24.5 Å². The third kappa shape index (κ3) is 4.05. The molecule has 5 N–H and O–H groups in total. The van der Waals surface area contributed by atoms with Crippen molar-refractivity contribution >= 4 is 24.6 Å². The number of rotatable bonds is 5. The van der Waals surface area contributed by atoms with Gasteiger partial charge in [-0.2, -0.15) is 0 Å². The van der Waals surface area contributed by atoms with E-state index in [9.17, 15) is 9.36 Å². The van der Waals surface area contributed by atoms with Crippen LogP contribution in [0, 0.1) is 0 Å². The summed E-state index contributed by atoms with van der Waals surface area (Å²) in [6.45, 7) is 0. The van der Waals surface area contributed by atoms with Crippen molar-refractivity contribution in [3.8, 4) is 0 Å². The monoisotopic (exact) mass is 311 g/mol. The fraction of sp³-hybridized carbons (Fsp3) is 0.250. The van der Waals surface area contributed by atoms with Crippen LogP contribution in [0.3, 0.4) is 0 Å². The van der Waals surface area contributed by atoms with Crippen LogP contribution in [0.25, 0.3) is 11.0 Å². The number of carbonyl (C=O) groups is 1. The number of nitrogens with zero attached hydrogens (tertiary/aromatic N) is 2. The normalized spacial score (nSPS) is 13.3. The molecular weight excluding hydrogens is 297 g/mol. The van der Waals surface area contributed by atoms with Crippen molar-refractivity contribution < 1.29 is 24.3 Å². The van der Waals surface area contributed by atoms with Crippen LogP contribution >= 0.6 is 7.60 Å². The molecule has 1 unspecified atom stereocenters. The van der Waals surface area contributed by atoms with Gasteiger partial charge in [0.1, 0.15) is 0 Å². The van der Waals surface area contributed by atoms with Gasteiger partial charge in [-0.15, -0.1) is 0 Å². The highest BCUT2D eigenvalue weighted by atomic mass is 31.2. The summed E-state index contributed by atoms with van der Waals surface area (Å²) < 4.78 is 11.2. The van der Waals surface area contributed by atoms with Crippen LogP contribution in [0.5, 0.6) is 0 Å². The molecule has 2 aromatic rings. The van der Waals surface area contributed by atoms with Gasteiger partial charge in [-0.05, 0) is 23.3 Å². The largest absolute Gasteiger partial charge is 0.481 e. The number of carboxylic acid groups (broad SMARTS) is 1. The zero-order valence-electron chi connectivity index (χ0n) is 10.9. The number of aromatic nitrogens is 2. The first kappa shape index (κ1) is 15.5. The molecule has 0 aliphatic carbocycles. The summed E-state index contributed by atoms with van der Waals surface area (Å²) in [5.41, 5.74) is 7.42. The Balaban J connectivity index is 2.55. The molecule has 0 saturated heterocycles. The lowest BCUT2D eigenvalue weighted by Gasteiger charge is -2.16. The maximum absolute atomic E-state index is 11.2. The number of fused-ring (bicyclic) bond motifs is 1. The number of hydrogen-bond donors (Lipinski definition) is 4. The molecule has 1 heterocycles. The van der Waals surface area contributed by atoms with E-state index in [1.807, 2.05) is 0 Å². The molecule has 1 aromatic heterocycles. The molecule has 1 atom stereocenters. The third-order valence-electron chi connectivity index (χ3n) is 2.90. The van der Waals surface area contributed by atoms with Crippen molar-refractivity contribution in [1.29, 1.82) is 0 Å². The maximum Gasteiger partial charge on any atom is 0.329 e. The highest BCUT2D eigenvalue weighted by Crippen LogP contribution is 2.41. The summed E-state index contributed by atoms with van der Waals surface area (Å²) in [5, 5.41) is 8.82. The smallest absolute Gasteiger partial charge is 0.329 e. The Kier molecular flexibility index (Phi) is 4.34. The Bertz CT molecular complexity index is 730. The van der Waals surface area contributed by atoms with Gasteiger partial charge < -0.3 is 20.6 Å². The summed E-state index contributed by atoms with van der Waals surface area (Å²) in [4.78, 5) is 37.2. The standard InChI is InChI=1S/C12H14N3O5P/c13-9(5-12(16)17)8-4-11-10(14-1-2-15-11)3-7(8)6-21(18,19)20/h1-4,9H,5-6,13H2,(H,16,17)(H2,18,19,20). The molecule has 0 spiro atoms. The SMILES string of the molecule is NC(CC(=O)O)c1cc2nccnc2cc1CP(=O)(O)O. The lowest BCUT2D eigenvalue weighted by Crippen LogP contribution is -2.17. The van der Waals surface area contributed by atoms with Crippen LogP contribution in [0.4, 0.5) is 0 Å². The summed E-state index contributed by atoms with van der Waals surface area (Å²) >= 11 is 0. The predicted octanol–water partition coefficient (Wildman–Crippen LogP) is 0.782. The van der Waals surface area contributed by atoms with Gasteiger partial charge in [0.05, 0.1) is 23.6 Å². The molecule has 9 heteroatoms. The van der Waals surface area contributed by atoms with Crippen LogP contribution < -0.4 is 5.73 Å². The van der Waals surface area contributed by atoms with E-state index in [2.05, 4.69) is 9.97 Å². The molecule has 0 aliphatic rings. The van der Waals surface area contributed by atoms with Crippen LogP contribution in [0.2, 0.25) is 0 Å². The molecule has 8 nitrogen and oxygen atoms in total. The van der Waals surface area contributed by atoms with Gasteiger partial charge in [-0.1, -0.05) is 0 Å². The first-order chi connectivity index (χ1) is 9.76. The van der Waals surface area contributed by atoms with Crippen molar-refractivity contribution in [2.24, 2.45) is 5.73 Å². The van der Waals surface area contributed by atoms with Crippen LogP contribution in [-0.4, -0.2) is 30.8 Å². The van der Waals surface area contributed by atoms with Crippen LogP contribution in [0.15, 0.2) is 24.5 Å². The van der Waals surface area contributed by atoms with E-state index in [0.29, 0.717) is 16.6 Å². The topological polar surface area (TPSA) is 147 Å². The van der Waals surface area contributed by atoms with Crippen LogP contribution in [0.1, 0.15) is 23.6 Å². The minimum Gasteiger partial charge on any atom is -0.481 e. The Morgan fingerprint density at radius 3 is 2.33 bits per heavy atom. The molecular formula is C12H14N3O5P. The number of carboxylic acids is 1. The molecule has 0 bridgehead atoms. The molecule has 21 heavy (non-hydrogen) atoms. The summed E-state index contributed by atoms with van der Waals surface area (Å²) in [7, 11) is -4.32. The molecule has 0 fully saturated rings. The van der Waals surface area contributed by atoms with Gasteiger partial charge >= 0.3 is 13.6 Å². The fourth-order valence-electron chi connectivity index (χ4n) is 2.07. The lowest BCUT2D eigenvalue weighted by molar-refractivity contribution is -0.137. The van der Waals surface area contributed by atoms with E-state index in [0.717, 1.165) is 0 Å². The third-order valence-corrected chi connectivity index (χ3v) is 3.65. The second-order valence-corrected chi connectivity index (χ2v) is 6.27. The van der Waals surface area contributed by atoms with Gasteiger partial charge in [0.15, 0.2) is 0 Å². The molecule has 1 aromatic carbocycles. The van der Waals surface area contributed by atoms with Gasteiger partial charge in [-0.3, -0.25) is 19.3 Å². The fourth-order valence-corrected chi connectivity index (χ4v) is 2.79. The summed E-state index contributed by atoms with van der Waals surface area (Å²) in [6, 6.07) is 2.13. The van der Waals surface area contributed by atoms with Crippen molar-refractivity contribution in [2.45, 2.75) is 18.6 Å². The first-order valence-electron chi connectivity index (χ1n) is 6.02. The van der Waals surface area contributed by atoms with Gasteiger partial charge in [0, 0.05) is 18.4 Å². The molecule has 0 aliphatic heterocycles. The zero-order chi connectivity index (χ0) is 15.6. The van der Waals surface area contributed by atoms with Gasteiger partial charge in [0.25, 0.3) is 0 Å². The minimum absolute atomic E-state index is 0.282. The Hall–Kier alpha value is -1.86. The van der Waals surface area contributed by atoms with E-state index < -0.39 is 25.8 Å². The molecule has 2 rings (SSSR count). The second kappa shape index (κ2) is 5.87. The van der Waals surface area contributed by atoms with Crippen molar-refractivity contribution in [3.05, 3.63) is 35.7 Å². The minimum atomic E-state index is -4.32. The average Bonchev–Trinajstić information content (AvgIpc) is 2.35. The van der Waals surface area contributed by atoms with E-state index in [1.54, 1.807) is 0 Å². The van der Waals surface area contributed by atoms with Gasteiger partial charge in [-0.25, -0.2) is 0 Å². The Morgan fingerprint density at radius 2 is 1.81 bits per heavy atom. The average molecular weight is 311 g/mol. The Labute approximate surface area is 119 Å². The molecule has 0 radical (unpaired) electrons. The van der Waals surface area contributed by atoms with Crippen molar-refractivity contribution in [2.75, 3.05) is 0 Å². The summed E-state index contributed by atoms with van der Waals surface area (Å²) in [6.07, 6.45) is 2.06. The van der Waals surface area contributed by atoms with Crippen LogP contribution in [-0.2, 0) is 15.5 Å². The predicted molar refractivity (Wildman–Crippen MR) is 74.5 cm³/mol. The van der Waals surface area contributed by atoms with E-state index in [4.69, 9.17) is 20.6 Å². The Morgan fingerprint density at radius 1 is 1.24 bits per heavy atom. The molecule has 112 valence electrons. The van der Waals surface area contributed by atoms with E-state index in [-0.39, 0.29) is 12.0 Å². The first-order valence-corrected chi connectivity index (χ1v) is 7.81. The maximum atomic E-state index is 11.2. The second-order valence-electron chi connectivity index (χ2n) is 4.62. The number of aliphatic carboxylic acids is 1. The lowest BCUT2D eigenvalue weighted by atomic mass is 9.98. The number of hydrogen-bond acceptors (Lipinski definition) is 5. The highest BCUT2D eigenvalue weighted by Gasteiger charge is 2.22. The number of nitrogens with two attached hydrogens (primary N) is 1. The quantitative estimate of drug-likeness (QED) is 0.592. The number of benzene rings is 1.